The van der Waals surface area contributed by atoms with Gasteiger partial charge in [-0.05, 0) is 37.1 Å². The van der Waals surface area contributed by atoms with E-state index in [0.717, 1.165) is 31.5 Å². The summed E-state index contributed by atoms with van der Waals surface area (Å²) in [5, 5.41) is 14.4. The first-order chi connectivity index (χ1) is 10.6. The predicted octanol–water partition coefficient (Wildman–Crippen LogP) is 1.75. The Morgan fingerprint density at radius 2 is 2.18 bits per heavy atom. The van der Waals surface area contributed by atoms with Gasteiger partial charge in [0, 0.05) is 12.6 Å². The molecule has 1 aromatic heterocycles. The van der Waals surface area contributed by atoms with Gasteiger partial charge in [-0.3, -0.25) is 9.58 Å². The number of aliphatic hydroxyl groups excluding tert-OH is 1. The van der Waals surface area contributed by atoms with Gasteiger partial charge >= 0.3 is 0 Å². The van der Waals surface area contributed by atoms with Crippen molar-refractivity contribution in [3.05, 3.63) is 48.1 Å². The molecule has 1 N–H and O–H groups in total. The Hall–Kier alpha value is -1.86. The van der Waals surface area contributed by atoms with Crippen LogP contribution in [0.1, 0.15) is 24.5 Å². The average Bonchev–Trinajstić information content (AvgIpc) is 3.15. The molecular weight excluding hydrogens is 290 g/mol. The molecule has 7 heteroatoms. The second kappa shape index (κ2) is 6.50. The van der Waals surface area contributed by atoms with E-state index in [9.17, 15) is 13.9 Å². The highest BCUT2D eigenvalue weighted by Crippen LogP contribution is 2.23. The van der Waals surface area contributed by atoms with Crippen molar-refractivity contribution in [2.45, 2.75) is 31.5 Å². The van der Waals surface area contributed by atoms with E-state index in [4.69, 9.17) is 0 Å². The molecular formula is C15H18F2N4O. The van der Waals surface area contributed by atoms with Crippen molar-refractivity contribution in [2.75, 3.05) is 13.1 Å². The molecule has 2 aromatic rings. The fraction of sp³-hybridized carbons (Fsp3) is 0.467. The third kappa shape index (κ3) is 3.31. The van der Waals surface area contributed by atoms with Crippen molar-refractivity contribution < 1.29 is 13.9 Å². The van der Waals surface area contributed by atoms with Gasteiger partial charge in [0.05, 0.1) is 12.6 Å². The summed E-state index contributed by atoms with van der Waals surface area (Å²) in [6.45, 7) is 1.98. The van der Waals surface area contributed by atoms with Crippen LogP contribution in [0.25, 0.3) is 0 Å². The highest BCUT2D eigenvalue weighted by atomic mass is 19.2. The maximum atomic E-state index is 13.3. The van der Waals surface area contributed by atoms with Crippen LogP contribution >= 0.6 is 0 Å². The van der Waals surface area contributed by atoms with Crippen molar-refractivity contribution in [2.24, 2.45) is 0 Å². The molecule has 2 heterocycles. The largest absolute Gasteiger partial charge is 0.387 e. The van der Waals surface area contributed by atoms with Crippen LogP contribution in [0.2, 0.25) is 0 Å². The van der Waals surface area contributed by atoms with Gasteiger partial charge in [0.1, 0.15) is 12.7 Å². The lowest BCUT2D eigenvalue weighted by Gasteiger charge is -2.26. The van der Waals surface area contributed by atoms with Crippen molar-refractivity contribution >= 4 is 0 Å². The van der Waals surface area contributed by atoms with Crippen LogP contribution in [0.3, 0.4) is 0 Å². The molecule has 0 spiro atoms. The van der Waals surface area contributed by atoms with Gasteiger partial charge in [-0.15, -0.1) is 0 Å². The zero-order valence-corrected chi connectivity index (χ0v) is 12.1. The molecule has 0 aliphatic carbocycles. The predicted molar refractivity (Wildman–Crippen MR) is 75.9 cm³/mol. The maximum absolute atomic E-state index is 13.3. The minimum atomic E-state index is -0.933. The summed E-state index contributed by atoms with van der Waals surface area (Å²) in [6, 6.07) is 3.79. The molecule has 0 amide bonds. The summed E-state index contributed by atoms with van der Waals surface area (Å²) in [6.07, 6.45) is 4.39. The van der Waals surface area contributed by atoms with Gasteiger partial charge in [0.15, 0.2) is 11.6 Å². The van der Waals surface area contributed by atoms with Crippen LogP contribution in [0, 0.1) is 11.6 Å². The molecule has 1 fully saturated rings. The van der Waals surface area contributed by atoms with E-state index >= 15 is 0 Å². The number of benzene rings is 1. The first-order valence-corrected chi connectivity index (χ1v) is 7.33. The van der Waals surface area contributed by atoms with E-state index in [2.05, 4.69) is 15.0 Å². The quantitative estimate of drug-likeness (QED) is 0.914. The number of halogens is 2. The maximum Gasteiger partial charge on any atom is 0.159 e. The van der Waals surface area contributed by atoms with Crippen LogP contribution in [-0.4, -0.2) is 43.9 Å². The highest BCUT2D eigenvalue weighted by molar-refractivity contribution is 5.20. The van der Waals surface area contributed by atoms with Crippen molar-refractivity contribution in [3.8, 4) is 0 Å². The Labute approximate surface area is 127 Å². The average molecular weight is 308 g/mol. The normalized spacial score (nSPS) is 20.4. The SMILES string of the molecule is O[C@@H](CN1CCC[C@@H]1Cn1cncn1)c1ccc(F)c(F)c1. The van der Waals surface area contributed by atoms with E-state index in [0.29, 0.717) is 18.7 Å². The minimum Gasteiger partial charge on any atom is -0.387 e. The Kier molecular flexibility index (Phi) is 4.44. The molecule has 22 heavy (non-hydrogen) atoms. The molecule has 0 radical (unpaired) electrons. The van der Waals surface area contributed by atoms with E-state index in [1.807, 2.05) is 0 Å². The Balaban J connectivity index is 1.64. The molecule has 1 aromatic carbocycles. The lowest BCUT2D eigenvalue weighted by molar-refractivity contribution is 0.100. The molecule has 1 saturated heterocycles. The Bertz CT molecular complexity index is 620. The molecule has 3 rings (SSSR count). The zero-order chi connectivity index (χ0) is 15.5. The summed E-state index contributed by atoms with van der Waals surface area (Å²) in [5.41, 5.74) is 0.394. The van der Waals surface area contributed by atoms with Crippen LogP contribution in [0.5, 0.6) is 0 Å². The summed E-state index contributed by atoms with van der Waals surface area (Å²) >= 11 is 0. The number of rotatable bonds is 5. The lowest BCUT2D eigenvalue weighted by Crippen LogP contribution is -2.36. The highest BCUT2D eigenvalue weighted by Gasteiger charge is 2.27. The number of hydrogen-bond donors (Lipinski definition) is 1. The van der Waals surface area contributed by atoms with Gasteiger partial charge in [-0.25, -0.2) is 13.8 Å². The summed E-state index contributed by atoms with van der Waals surface area (Å²) in [4.78, 5) is 6.08. The van der Waals surface area contributed by atoms with Crippen molar-refractivity contribution in [1.29, 1.82) is 0 Å². The van der Waals surface area contributed by atoms with E-state index in [1.54, 1.807) is 11.0 Å². The minimum absolute atomic E-state index is 0.265. The number of β-amino-alcohol motifs (C(OH)–C–C–N with tert-alkyl or cyclic N) is 1. The van der Waals surface area contributed by atoms with Crippen LogP contribution in [0.4, 0.5) is 8.78 Å². The second-order valence-corrected chi connectivity index (χ2v) is 5.60. The van der Waals surface area contributed by atoms with Crippen LogP contribution in [0.15, 0.2) is 30.9 Å². The van der Waals surface area contributed by atoms with Gasteiger partial charge < -0.3 is 5.11 Å². The molecule has 1 aliphatic heterocycles. The number of aromatic nitrogens is 3. The van der Waals surface area contributed by atoms with Gasteiger partial charge in [0.25, 0.3) is 0 Å². The third-order valence-corrected chi connectivity index (χ3v) is 4.10. The fourth-order valence-electron chi connectivity index (χ4n) is 2.93. The van der Waals surface area contributed by atoms with E-state index in [1.165, 1.54) is 12.4 Å². The first kappa shape index (κ1) is 15.1. The molecule has 118 valence electrons. The molecule has 2 atom stereocenters. The number of nitrogens with zero attached hydrogens (tertiary/aromatic N) is 4. The van der Waals surface area contributed by atoms with Gasteiger partial charge in [0.2, 0.25) is 0 Å². The third-order valence-electron chi connectivity index (χ3n) is 4.10. The monoisotopic (exact) mass is 308 g/mol. The van der Waals surface area contributed by atoms with Gasteiger partial charge in [-0.2, -0.15) is 5.10 Å². The van der Waals surface area contributed by atoms with Crippen LogP contribution in [-0.2, 0) is 6.54 Å². The van der Waals surface area contributed by atoms with Gasteiger partial charge in [-0.1, -0.05) is 6.07 Å². The summed E-state index contributed by atoms with van der Waals surface area (Å²) in [7, 11) is 0. The molecule has 0 saturated carbocycles. The smallest absolute Gasteiger partial charge is 0.159 e. The number of likely N-dealkylation sites (tertiary alicyclic amines) is 1. The lowest BCUT2D eigenvalue weighted by atomic mass is 10.1. The van der Waals surface area contributed by atoms with E-state index < -0.39 is 17.7 Å². The molecule has 0 unspecified atom stereocenters. The molecule has 1 aliphatic rings. The summed E-state index contributed by atoms with van der Waals surface area (Å²) < 4.78 is 28.0. The Morgan fingerprint density at radius 1 is 1.32 bits per heavy atom. The standard InChI is InChI=1S/C15H18F2N4O/c16-13-4-3-11(6-14(13)17)15(22)8-20-5-1-2-12(20)7-21-10-18-9-19-21/h3-4,6,9-10,12,15,22H,1-2,5,7-8H2/t12-,15+/m1/s1. The topological polar surface area (TPSA) is 54.2 Å². The Morgan fingerprint density at radius 3 is 2.91 bits per heavy atom. The van der Waals surface area contributed by atoms with E-state index in [-0.39, 0.29) is 6.04 Å². The number of aliphatic hydroxyl groups is 1. The fourth-order valence-corrected chi connectivity index (χ4v) is 2.93. The zero-order valence-electron chi connectivity index (χ0n) is 12.1. The van der Waals surface area contributed by atoms with Crippen molar-refractivity contribution in [1.82, 2.24) is 19.7 Å². The molecule has 0 bridgehead atoms. The summed E-state index contributed by atoms with van der Waals surface area (Å²) in [5.74, 6) is -1.83. The van der Waals surface area contributed by atoms with Crippen LogP contribution < -0.4 is 0 Å². The van der Waals surface area contributed by atoms with Crippen molar-refractivity contribution in [3.63, 3.8) is 0 Å². The molecule has 5 nitrogen and oxygen atoms in total. The second-order valence-electron chi connectivity index (χ2n) is 5.60. The first-order valence-electron chi connectivity index (χ1n) is 7.33. The number of hydrogen-bond acceptors (Lipinski definition) is 4.